The Morgan fingerprint density at radius 3 is 2.52 bits per heavy atom. The molecule has 1 aromatic heterocycles. The molecule has 1 saturated carbocycles. The second-order valence-electron chi connectivity index (χ2n) is 6.12. The van der Waals surface area contributed by atoms with E-state index in [-0.39, 0.29) is 11.6 Å². The topological polar surface area (TPSA) is 39.1 Å². The number of ether oxygens (including phenoxy) is 1. The first-order valence-corrected chi connectivity index (χ1v) is 8.38. The summed E-state index contributed by atoms with van der Waals surface area (Å²) in [5.74, 6) is 0. The highest BCUT2D eigenvalue weighted by Gasteiger charge is 2.40. The molecule has 0 radical (unpaired) electrons. The van der Waals surface area contributed by atoms with Crippen LogP contribution in [-0.4, -0.2) is 35.1 Å². The van der Waals surface area contributed by atoms with E-state index < -0.39 is 0 Å². The smallest absolute Gasteiger partial charge is 0.130 e. The summed E-state index contributed by atoms with van der Waals surface area (Å²) in [5, 5.41) is 8.82. The van der Waals surface area contributed by atoms with Crippen LogP contribution in [0.15, 0.2) is 0 Å². The molecule has 1 aliphatic rings. The second-order valence-corrected chi connectivity index (χ2v) is 6.48. The van der Waals surface area contributed by atoms with Gasteiger partial charge in [0.05, 0.1) is 11.3 Å². The van der Waals surface area contributed by atoms with E-state index in [1.165, 1.54) is 19.3 Å². The van der Waals surface area contributed by atoms with Crippen molar-refractivity contribution in [2.75, 3.05) is 13.7 Å². The molecule has 1 heterocycles. The number of likely N-dealkylation sites (N-methyl/N-ethyl adjacent to an activating group) is 1. The summed E-state index contributed by atoms with van der Waals surface area (Å²) in [5.41, 5.74) is 2.10. The molecule has 1 aromatic rings. The average molecular weight is 314 g/mol. The fraction of sp³-hybridized carbons (Fsp3) is 0.812. The Balaban J connectivity index is 2.25. The number of hydrogen-bond donors (Lipinski definition) is 1. The summed E-state index contributed by atoms with van der Waals surface area (Å²) in [6.07, 6.45) is 6.93. The van der Waals surface area contributed by atoms with Crippen molar-refractivity contribution < 1.29 is 4.74 Å². The first-order chi connectivity index (χ1) is 10.0. The molecule has 1 N–H and O–H groups in total. The fourth-order valence-corrected chi connectivity index (χ4v) is 3.90. The van der Waals surface area contributed by atoms with Crippen LogP contribution in [0.1, 0.15) is 50.3 Å². The number of aromatic nitrogens is 2. The van der Waals surface area contributed by atoms with Gasteiger partial charge >= 0.3 is 0 Å². The number of aryl methyl sites for hydroxylation is 2. The molecule has 0 saturated heterocycles. The lowest BCUT2D eigenvalue weighted by molar-refractivity contribution is -0.0670. The van der Waals surface area contributed by atoms with Crippen LogP contribution in [-0.2, 0) is 18.2 Å². The maximum absolute atomic E-state index is 6.42. The zero-order valence-electron chi connectivity index (χ0n) is 13.7. The molecule has 2 rings (SSSR count). The van der Waals surface area contributed by atoms with E-state index in [0.717, 1.165) is 42.2 Å². The molecule has 0 aliphatic heterocycles. The van der Waals surface area contributed by atoms with Gasteiger partial charge in [0, 0.05) is 25.8 Å². The van der Waals surface area contributed by atoms with Crippen LogP contribution in [0, 0.1) is 6.92 Å². The molecule has 0 amide bonds. The Morgan fingerprint density at radius 2 is 2.05 bits per heavy atom. The molecule has 0 bridgehead atoms. The minimum Gasteiger partial charge on any atom is -0.377 e. The SMILES string of the molecule is CCNC(Cc1c(C)nn(C)c1Cl)C1(OC)CCCCC1. The van der Waals surface area contributed by atoms with Crippen molar-refractivity contribution in [1.29, 1.82) is 0 Å². The molecule has 4 nitrogen and oxygen atoms in total. The van der Waals surface area contributed by atoms with Gasteiger partial charge in [-0.2, -0.15) is 5.10 Å². The van der Waals surface area contributed by atoms with E-state index in [2.05, 4.69) is 17.3 Å². The summed E-state index contributed by atoms with van der Waals surface area (Å²) >= 11 is 6.42. The molecule has 0 spiro atoms. The summed E-state index contributed by atoms with van der Waals surface area (Å²) in [4.78, 5) is 0. The largest absolute Gasteiger partial charge is 0.377 e. The molecule has 21 heavy (non-hydrogen) atoms. The molecule has 1 aliphatic carbocycles. The maximum Gasteiger partial charge on any atom is 0.130 e. The van der Waals surface area contributed by atoms with E-state index in [1.54, 1.807) is 4.68 Å². The van der Waals surface area contributed by atoms with Gasteiger partial charge in [-0.15, -0.1) is 0 Å². The molecule has 1 unspecified atom stereocenters. The monoisotopic (exact) mass is 313 g/mol. The first kappa shape index (κ1) is 16.8. The van der Waals surface area contributed by atoms with Gasteiger partial charge in [-0.05, 0) is 32.7 Å². The highest BCUT2D eigenvalue weighted by molar-refractivity contribution is 6.30. The van der Waals surface area contributed by atoms with Gasteiger partial charge in [-0.25, -0.2) is 0 Å². The Labute approximate surface area is 133 Å². The Hall–Kier alpha value is -0.580. The van der Waals surface area contributed by atoms with Gasteiger partial charge in [0.2, 0.25) is 0 Å². The number of halogens is 1. The van der Waals surface area contributed by atoms with E-state index in [0.29, 0.717) is 0 Å². The number of hydrogen-bond acceptors (Lipinski definition) is 3. The third-order valence-corrected chi connectivity index (χ3v) is 5.34. The van der Waals surface area contributed by atoms with Crippen molar-refractivity contribution in [2.45, 2.75) is 64.0 Å². The quantitative estimate of drug-likeness (QED) is 0.876. The molecule has 5 heteroatoms. The zero-order chi connectivity index (χ0) is 15.5. The first-order valence-electron chi connectivity index (χ1n) is 8.00. The summed E-state index contributed by atoms with van der Waals surface area (Å²) in [7, 11) is 3.75. The second kappa shape index (κ2) is 7.12. The van der Waals surface area contributed by atoms with Crippen molar-refractivity contribution in [3.63, 3.8) is 0 Å². The molecule has 120 valence electrons. The highest BCUT2D eigenvalue weighted by Crippen LogP contribution is 2.36. The predicted octanol–water partition coefficient (Wildman–Crippen LogP) is 3.25. The fourth-order valence-electron chi connectivity index (χ4n) is 3.65. The number of rotatable bonds is 6. The van der Waals surface area contributed by atoms with Crippen molar-refractivity contribution in [3.05, 3.63) is 16.4 Å². The van der Waals surface area contributed by atoms with Gasteiger partial charge in [0.25, 0.3) is 0 Å². The minimum atomic E-state index is -0.0696. The van der Waals surface area contributed by atoms with Gasteiger partial charge < -0.3 is 10.1 Å². The predicted molar refractivity (Wildman–Crippen MR) is 86.9 cm³/mol. The third-order valence-electron chi connectivity index (χ3n) is 4.87. The summed E-state index contributed by atoms with van der Waals surface area (Å²) < 4.78 is 7.78. The summed E-state index contributed by atoms with van der Waals surface area (Å²) in [6, 6.07) is 0.285. The summed E-state index contributed by atoms with van der Waals surface area (Å²) in [6.45, 7) is 5.12. The standard InChI is InChI=1S/C16H28ClN3O/c1-5-18-14(16(21-4)9-7-6-8-10-16)11-13-12(2)19-20(3)15(13)17/h14,18H,5-11H2,1-4H3. The molecular weight excluding hydrogens is 286 g/mol. The van der Waals surface area contributed by atoms with Crippen molar-refractivity contribution in [2.24, 2.45) is 7.05 Å². The lowest BCUT2D eigenvalue weighted by Crippen LogP contribution is -2.54. The van der Waals surface area contributed by atoms with Crippen molar-refractivity contribution in [1.82, 2.24) is 15.1 Å². The third kappa shape index (κ3) is 3.43. The average Bonchev–Trinajstić information content (AvgIpc) is 2.73. The number of nitrogens with zero attached hydrogens (tertiary/aromatic N) is 2. The highest BCUT2D eigenvalue weighted by atomic mass is 35.5. The van der Waals surface area contributed by atoms with Crippen LogP contribution < -0.4 is 5.32 Å². The Kier molecular flexibility index (Phi) is 5.69. The Bertz CT molecular complexity index is 466. The van der Waals surface area contributed by atoms with Gasteiger partial charge in [-0.3, -0.25) is 4.68 Å². The zero-order valence-corrected chi connectivity index (χ0v) is 14.5. The number of nitrogens with one attached hydrogen (secondary N) is 1. The van der Waals surface area contributed by atoms with Crippen LogP contribution in [0.2, 0.25) is 5.15 Å². The lowest BCUT2D eigenvalue weighted by atomic mass is 9.77. The van der Waals surface area contributed by atoms with Crippen molar-refractivity contribution in [3.8, 4) is 0 Å². The van der Waals surface area contributed by atoms with Crippen LogP contribution in [0.3, 0.4) is 0 Å². The molecular formula is C16H28ClN3O. The molecule has 1 atom stereocenters. The van der Waals surface area contributed by atoms with Crippen LogP contribution >= 0.6 is 11.6 Å². The van der Waals surface area contributed by atoms with Crippen LogP contribution in [0.4, 0.5) is 0 Å². The molecule has 0 aromatic carbocycles. The number of methoxy groups -OCH3 is 1. The molecule has 1 fully saturated rings. The minimum absolute atomic E-state index is 0.0696. The van der Waals surface area contributed by atoms with Gasteiger partial charge in [0.1, 0.15) is 5.15 Å². The van der Waals surface area contributed by atoms with Gasteiger partial charge in [-0.1, -0.05) is 37.8 Å². The van der Waals surface area contributed by atoms with E-state index >= 15 is 0 Å². The normalized spacial score (nSPS) is 19.7. The van der Waals surface area contributed by atoms with Crippen LogP contribution in [0.5, 0.6) is 0 Å². The van der Waals surface area contributed by atoms with Gasteiger partial charge in [0.15, 0.2) is 0 Å². The van der Waals surface area contributed by atoms with E-state index in [4.69, 9.17) is 16.3 Å². The van der Waals surface area contributed by atoms with Crippen molar-refractivity contribution >= 4 is 11.6 Å². The van der Waals surface area contributed by atoms with Crippen LogP contribution in [0.25, 0.3) is 0 Å². The maximum atomic E-state index is 6.42. The van der Waals surface area contributed by atoms with E-state index in [1.807, 2.05) is 21.1 Å². The lowest BCUT2D eigenvalue weighted by Gasteiger charge is -2.43. The Morgan fingerprint density at radius 1 is 1.38 bits per heavy atom. The van der Waals surface area contributed by atoms with E-state index in [9.17, 15) is 0 Å².